The molecule has 0 fully saturated rings. The second-order valence-corrected chi connectivity index (χ2v) is 8.31. The minimum atomic E-state index is -3.75. The molecule has 3 aromatic rings. The predicted octanol–water partition coefficient (Wildman–Crippen LogP) is 3.40. The number of carbonyl (C=O) groups is 1. The Hall–Kier alpha value is -3.13. The van der Waals surface area contributed by atoms with Crippen LogP contribution in [0.5, 0.6) is 0 Å². The molecule has 0 bridgehead atoms. The fourth-order valence-electron chi connectivity index (χ4n) is 2.77. The highest BCUT2D eigenvalue weighted by Crippen LogP contribution is 2.22. The predicted molar refractivity (Wildman–Crippen MR) is 109 cm³/mol. The first-order chi connectivity index (χ1) is 13.2. The summed E-state index contributed by atoms with van der Waals surface area (Å²) >= 11 is 0. The van der Waals surface area contributed by atoms with Crippen molar-refractivity contribution in [3.05, 3.63) is 70.9 Å². The Morgan fingerprint density at radius 1 is 1.04 bits per heavy atom. The highest BCUT2D eigenvalue weighted by molar-refractivity contribution is 7.92. The Balaban J connectivity index is 1.78. The molecule has 8 heteroatoms. The Morgan fingerprint density at radius 3 is 2.32 bits per heavy atom. The Labute approximate surface area is 164 Å². The summed E-state index contributed by atoms with van der Waals surface area (Å²) in [7, 11) is -2.02. The topological polar surface area (TPSA) is 93.1 Å². The van der Waals surface area contributed by atoms with E-state index in [-0.39, 0.29) is 10.8 Å². The van der Waals surface area contributed by atoms with Crippen LogP contribution in [0.4, 0.5) is 11.5 Å². The molecule has 1 amide bonds. The molecule has 0 aliphatic heterocycles. The van der Waals surface area contributed by atoms with Gasteiger partial charge in [0.15, 0.2) is 0 Å². The summed E-state index contributed by atoms with van der Waals surface area (Å²) in [6.45, 7) is 5.61. The number of hydrogen-bond donors (Lipinski definition) is 2. The summed E-state index contributed by atoms with van der Waals surface area (Å²) in [5.41, 5.74) is 3.54. The van der Waals surface area contributed by atoms with Crippen molar-refractivity contribution >= 4 is 27.4 Å². The summed E-state index contributed by atoms with van der Waals surface area (Å²) in [5.74, 6) is 0.227. The van der Waals surface area contributed by atoms with E-state index in [1.54, 1.807) is 29.9 Å². The molecule has 2 N–H and O–H groups in total. The van der Waals surface area contributed by atoms with Crippen LogP contribution in [0.2, 0.25) is 0 Å². The molecule has 0 saturated heterocycles. The van der Waals surface area contributed by atoms with Gasteiger partial charge in [-0.3, -0.25) is 14.2 Å². The van der Waals surface area contributed by atoms with E-state index < -0.39 is 10.0 Å². The number of amides is 1. The SMILES string of the molecule is Cc1cc(NC(=O)c2ccc(S(=O)(=O)Nc3cccc(C)c3C)cc2)n(C)n1. The zero-order valence-corrected chi connectivity index (χ0v) is 17.0. The van der Waals surface area contributed by atoms with Crippen LogP contribution in [0.25, 0.3) is 0 Å². The van der Waals surface area contributed by atoms with Crippen LogP contribution < -0.4 is 10.0 Å². The first kappa shape index (κ1) is 19.6. The molecule has 0 radical (unpaired) electrons. The van der Waals surface area contributed by atoms with Crippen LogP contribution in [-0.2, 0) is 17.1 Å². The minimum absolute atomic E-state index is 0.0846. The fraction of sp³-hybridized carbons (Fsp3) is 0.200. The van der Waals surface area contributed by atoms with Gasteiger partial charge < -0.3 is 5.32 Å². The van der Waals surface area contributed by atoms with Crippen LogP contribution in [-0.4, -0.2) is 24.1 Å². The standard InChI is InChI=1S/C20H22N4O3S/c1-13-6-5-7-18(15(13)3)23-28(26,27)17-10-8-16(9-11-17)20(25)21-19-12-14(2)22-24(19)4/h5-12,23H,1-4H3,(H,21,25). The summed E-state index contributed by atoms with van der Waals surface area (Å²) in [6, 6.07) is 13.0. The molecule has 1 heterocycles. The van der Waals surface area contributed by atoms with Crippen LogP contribution in [0.3, 0.4) is 0 Å². The van der Waals surface area contributed by atoms with E-state index in [2.05, 4.69) is 15.1 Å². The van der Waals surface area contributed by atoms with Gasteiger partial charge in [0.25, 0.3) is 15.9 Å². The van der Waals surface area contributed by atoms with Gasteiger partial charge in [-0.15, -0.1) is 0 Å². The molecule has 7 nitrogen and oxygen atoms in total. The maximum absolute atomic E-state index is 12.7. The van der Waals surface area contributed by atoms with Crippen molar-refractivity contribution in [2.24, 2.45) is 7.05 Å². The van der Waals surface area contributed by atoms with E-state index in [0.29, 0.717) is 17.1 Å². The molecule has 1 aromatic heterocycles. The number of rotatable bonds is 5. The van der Waals surface area contributed by atoms with E-state index in [4.69, 9.17) is 0 Å². The number of anilines is 2. The normalized spacial score (nSPS) is 11.3. The molecule has 0 saturated carbocycles. The number of aryl methyl sites for hydroxylation is 3. The number of carbonyl (C=O) groups excluding carboxylic acids is 1. The van der Waals surface area contributed by atoms with Gasteiger partial charge in [-0.25, -0.2) is 8.42 Å². The van der Waals surface area contributed by atoms with E-state index in [0.717, 1.165) is 16.8 Å². The van der Waals surface area contributed by atoms with Gasteiger partial charge in [-0.2, -0.15) is 5.10 Å². The van der Waals surface area contributed by atoms with Crippen molar-refractivity contribution < 1.29 is 13.2 Å². The lowest BCUT2D eigenvalue weighted by Gasteiger charge is -2.12. The third-order valence-corrected chi connectivity index (χ3v) is 5.90. The Kier molecular flexibility index (Phi) is 5.24. The quantitative estimate of drug-likeness (QED) is 0.689. The lowest BCUT2D eigenvalue weighted by Crippen LogP contribution is -2.16. The molecular formula is C20H22N4O3S. The largest absolute Gasteiger partial charge is 0.307 e. The average Bonchev–Trinajstić information content (AvgIpc) is 2.96. The summed E-state index contributed by atoms with van der Waals surface area (Å²) in [4.78, 5) is 12.5. The Bertz CT molecular complexity index is 1130. The summed E-state index contributed by atoms with van der Waals surface area (Å²) in [5, 5.41) is 6.93. The van der Waals surface area contributed by atoms with Gasteiger partial charge in [0.2, 0.25) is 0 Å². The van der Waals surface area contributed by atoms with E-state index in [9.17, 15) is 13.2 Å². The summed E-state index contributed by atoms with van der Waals surface area (Å²) in [6.07, 6.45) is 0. The lowest BCUT2D eigenvalue weighted by atomic mass is 10.1. The van der Waals surface area contributed by atoms with E-state index >= 15 is 0 Å². The molecule has 0 atom stereocenters. The molecule has 28 heavy (non-hydrogen) atoms. The number of nitrogens with one attached hydrogen (secondary N) is 2. The van der Waals surface area contributed by atoms with Crippen LogP contribution in [0.1, 0.15) is 27.2 Å². The molecule has 2 aromatic carbocycles. The van der Waals surface area contributed by atoms with E-state index in [1.807, 2.05) is 26.8 Å². The molecule has 0 unspecified atom stereocenters. The highest BCUT2D eigenvalue weighted by atomic mass is 32.2. The van der Waals surface area contributed by atoms with Crippen molar-refractivity contribution in [3.63, 3.8) is 0 Å². The average molecular weight is 398 g/mol. The van der Waals surface area contributed by atoms with E-state index in [1.165, 1.54) is 24.3 Å². The number of sulfonamides is 1. The van der Waals surface area contributed by atoms with Gasteiger partial charge >= 0.3 is 0 Å². The Morgan fingerprint density at radius 2 is 1.71 bits per heavy atom. The smallest absolute Gasteiger partial charge is 0.261 e. The molecule has 0 aliphatic carbocycles. The minimum Gasteiger partial charge on any atom is -0.307 e. The summed E-state index contributed by atoms with van der Waals surface area (Å²) < 4.78 is 29.5. The van der Waals surface area contributed by atoms with Gasteiger partial charge in [-0.1, -0.05) is 12.1 Å². The zero-order valence-electron chi connectivity index (χ0n) is 16.1. The monoisotopic (exact) mass is 398 g/mol. The van der Waals surface area contributed by atoms with Gasteiger partial charge in [0, 0.05) is 18.7 Å². The van der Waals surface area contributed by atoms with Gasteiger partial charge in [0.1, 0.15) is 5.82 Å². The molecule has 3 rings (SSSR count). The van der Waals surface area contributed by atoms with Crippen molar-refractivity contribution in [2.75, 3.05) is 10.0 Å². The second-order valence-electron chi connectivity index (χ2n) is 6.63. The molecule has 0 spiro atoms. The first-order valence-corrected chi connectivity index (χ1v) is 10.2. The molecular weight excluding hydrogens is 376 g/mol. The first-order valence-electron chi connectivity index (χ1n) is 8.68. The maximum atomic E-state index is 12.7. The van der Waals surface area contributed by atoms with Crippen LogP contribution in [0, 0.1) is 20.8 Å². The third kappa shape index (κ3) is 4.07. The lowest BCUT2D eigenvalue weighted by molar-refractivity contribution is 0.102. The second kappa shape index (κ2) is 7.47. The number of benzene rings is 2. The van der Waals surface area contributed by atoms with Gasteiger partial charge in [-0.05, 0) is 62.2 Å². The van der Waals surface area contributed by atoms with Crippen molar-refractivity contribution in [1.29, 1.82) is 0 Å². The maximum Gasteiger partial charge on any atom is 0.261 e. The van der Waals surface area contributed by atoms with Crippen LogP contribution >= 0.6 is 0 Å². The van der Waals surface area contributed by atoms with Crippen molar-refractivity contribution in [3.8, 4) is 0 Å². The number of aromatic nitrogens is 2. The van der Waals surface area contributed by atoms with Crippen molar-refractivity contribution in [1.82, 2.24) is 9.78 Å². The highest BCUT2D eigenvalue weighted by Gasteiger charge is 2.17. The zero-order chi connectivity index (χ0) is 20.5. The number of hydrogen-bond acceptors (Lipinski definition) is 4. The molecule has 0 aliphatic rings. The van der Waals surface area contributed by atoms with Gasteiger partial charge in [0.05, 0.1) is 16.3 Å². The third-order valence-electron chi connectivity index (χ3n) is 4.52. The molecule has 146 valence electrons. The van der Waals surface area contributed by atoms with Crippen LogP contribution in [0.15, 0.2) is 53.4 Å². The fourth-order valence-corrected chi connectivity index (χ4v) is 3.89. The number of nitrogens with zero attached hydrogens (tertiary/aromatic N) is 2. The van der Waals surface area contributed by atoms with Crippen molar-refractivity contribution in [2.45, 2.75) is 25.7 Å².